The van der Waals surface area contributed by atoms with Crippen LogP contribution in [0.1, 0.15) is 41.5 Å². The van der Waals surface area contributed by atoms with E-state index in [2.05, 4.69) is 0 Å². The molecule has 2 aliphatic rings. The van der Waals surface area contributed by atoms with E-state index in [9.17, 15) is 9.59 Å². The third kappa shape index (κ3) is 12.8. The molecule has 12 heteroatoms. The van der Waals surface area contributed by atoms with Crippen LogP contribution in [0.25, 0.3) is 0 Å². The zero-order chi connectivity index (χ0) is 37.0. The predicted octanol–water partition coefficient (Wildman–Crippen LogP) is 6.34. The van der Waals surface area contributed by atoms with Crippen LogP contribution < -0.4 is 28.4 Å². The van der Waals surface area contributed by atoms with Crippen molar-refractivity contribution in [3.63, 3.8) is 0 Å². The SMILES string of the molecule is CC(COCC(C)Oc1ccc(OC(=O)c2ccc(OCC3CO3)cc2)cc1)OCC(C)Oc1ccc(OC(=O)c2ccc(OCC3CO3)cc2)cc1. The fourth-order valence-corrected chi connectivity index (χ4v) is 4.87. The normalized spacial score (nSPS) is 17.5. The molecule has 12 nitrogen and oxygen atoms in total. The zero-order valence-electron chi connectivity index (χ0n) is 30.0. The summed E-state index contributed by atoms with van der Waals surface area (Å²) in [5.41, 5.74) is 0.839. The molecule has 0 aliphatic carbocycles. The molecule has 0 bridgehead atoms. The lowest BCUT2D eigenvalue weighted by molar-refractivity contribution is -0.0428. The van der Waals surface area contributed by atoms with E-state index in [0.717, 1.165) is 13.2 Å². The number of ether oxygens (including phenoxy) is 10. The first-order chi connectivity index (χ1) is 25.8. The Morgan fingerprint density at radius 3 is 1.30 bits per heavy atom. The van der Waals surface area contributed by atoms with Gasteiger partial charge in [-0.25, -0.2) is 9.59 Å². The van der Waals surface area contributed by atoms with Crippen LogP contribution in [-0.4, -0.2) is 88.7 Å². The van der Waals surface area contributed by atoms with Crippen LogP contribution in [0.4, 0.5) is 0 Å². The summed E-state index contributed by atoms with van der Waals surface area (Å²) in [4.78, 5) is 25.1. The molecule has 2 aliphatic heterocycles. The van der Waals surface area contributed by atoms with Gasteiger partial charge >= 0.3 is 11.9 Å². The number of carbonyl (C=O) groups is 2. The van der Waals surface area contributed by atoms with Gasteiger partial charge in [0.1, 0.15) is 72.1 Å². The largest absolute Gasteiger partial charge is 0.491 e. The Morgan fingerprint density at radius 1 is 0.528 bits per heavy atom. The summed E-state index contributed by atoms with van der Waals surface area (Å²) in [5, 5.41) is 0. The fraction of sp³-hybridized carbons (Fsp3) is 0.366. The number of esters is 2. The molecular weight excluding hydrogens is 684 g/mol. The smallest absolute Gasteiger partial charge is 0.343 e. The minimum absolute atomic E-state index is 0.165. The number of hydrogen-bond acceptors (Lipinski definition) is 12. The van der Waals surface area contributed by atoms with Gasteiger partial charge in [0.25, 0.3) is 0 Å². The molecule has 0 saturated carbocycles. The van der Waals surface area contributed by atoms with E-state index >= 15 is 0 Å². The average molecular weight is 729 g/mol. The van der Waals surface area contributed by atoms with Crippen molar-refractivity contribution in [2.24, 2.45) is 0 Å². The second-order valence-electron chi connectivity index (χ2n) is 12.8. The number of hydrogen-bond donors (Lipinski definition) is 0. The van der Waals surface area contributed by atoms with Crippen molar-refractivity contribution in [3.8, 4) is 34.5 Å². The summed E-state index contributed by atoms with van der Waals surface area (Å²) in [6.07, 6.45) is -0.287. The van der Waals surface area contributed by atoms with E-state index in [0.29, 0.717) is 78.7 Å². The number of epoxide rings is 2. The minimum atomic E-state index is -0.464. The summed E-state index contributed by atoms with van der Waals surface area (Å²) >= 11 is 0. The van der Waals surface area contributed by atoms with Gasteiger partial charge in [0.2, 0.25) is 0 Å². The Kier molecular flexibility index (Phi) is 13.2. The van der Waals surface area contributed by atoms with Crippen molar-refractivity contribution in [2.75, 3.05) is 46.2 Å². The summed E-state index contributed by atoms with van der Waals surface area (Å²) in [7, 11) is 0. The molecule has 0 N–H and O–H groups in total. The topological polar surface area (TPSA) is 133 Å². The van der Waals surface area contributed by atoms with E-state index in [1.54, 1.807) is 97.1 Å². The molecule has 4 aromatic rings. The maximum atomic E-state index is 12.6. The molecular formula is C41H44O12. The Hall–Kier alpha value is -5.14. The van der Waals surface area contributed by atoms with Gasteiger partial charge in [-0.1, -0.05) is 0 Å². The Balaban J connectivity index is 0.823. The maximum absolute atomic E-state index is 12.6. The van der Waals surface area contributed by atoms with Crippen molar-refractivity contribution < 1.29 is 57.0 Å². The van der Waals surface area contributed by atoms with Crippen LogP contribution >= 0.6 is 0 Å². The van der Waals surface area contributed by atoms with Gasteiger partial charge < -0.3 is 47.4 Å². The van der Waals surface area contributed by atoms with Gasteiger partial charge in [-0.05, 0) is 118 Å². The highest BCUT2D eigenvalue weighted by Crippen LogP contribution is 2.23. The lowest BCUT2D eigenvalue weighted by Gasteiger charge is -2.20. The second kappa shape index (κ2) is 18.6. The summed E-state index contributed by atoms with van der Waals surface area (Å²) in [6.45, 7) is 9.29. The van der Waals surface area contributed by atoms with Crippen LogP contribution in [0.5, 0.6) is 34.5 Å². The van der Waals surface area contributed by atoms with Crippen LogP contribution in [0, 0.1) is 0 Å². The molecule has 0 aromatic heterocycles. The Labute approximate surface area is 308 Å². The molecule has 6 rings (SSSR count). The molecule has 4 aromatic carbocycles. The lowest BCUT2D eigenvalue weighted by Crippen LogP contribution is -2.27. The van der Waals surface area contributed by atoms with Gasteiger partial charge in [-0.2, -0.15) is 0 Å². The molecule has 0 amide bonds. The van der Waals surface area contributed by atoms with Gasteiger partial charge in [-0.15, -0.1) is 0 Å². The minimum Gasteiger partial charge on any atom is -0.491 e. The van der Waals surface area contributed by atoms with E-state index in [1.807, 2.05) is 20.8 Å². The highest BCUT2D eigenvalue weighted by atomic mass is 16.6. The molecule has 2 fully saturated rings. The van der Waals surface area contributed by atoms with Crippen molar-refractivity contribution in [1.82, 2.24) is 0 Å². The van der Waals surface area contributed by atoms with E-state index in [1.165, 1.54) is 0 Å². The highest BCUT2D eigenvalue weighted by molar-refractivity contribution is 5.91. The Bertz CT molecular complexity index is 1730. The van der Waals surface area contributed by atoms with E-state index in [-0.39, 0.29) is 30.5 Å². The average Bonchev–Trinajstić information content (AvgIpc) is 4.11. The number of benzene rings is 4. The lowest BCUT2D eigenvalue weighted by atomic mass is 10.2. The van der Waals surface area contributed by atoms with Crippen molar-refractivity contribution in [3.05, 3.63) is 108 Å². The molecule has 5 atom stereocenters. The monoisotopic (exact) mass is 728 g/mol. The predicted molar refractivity (Wildman–Crippen MR) is 193 cm³/mol. The van der Waals surface area contributed by atoms with Gasteiger partial charge in [0.15, 0.2) is 0 Å². The Morgan fingerprint density at radius 2 is 0.887 bits per heavy atom. The fourth-order valence-electron chi connectivity index (χ4n) is 4.87. The molecule has 0 radical (unpaired) electrons. The third-order valence-corrected chi connectivity index (χ3v) is 7.92. The molecule has 53 heavy (non-hydrogen) atoms. The van der Waals surface area contributed by atoms with Gasteiger partial charge in [-0.3, -0.25) is 0 Å². The maximum Gasteiger partial charge on any atom is 0.343 e. The van der Waals surface area contributed by atoms with Gasteiger partial charge in [0.05, 0.1) is 50.3 Å². The van der Waals surface area contributed by atoms with Gasteiger partial charge in [0, 0.05) is 0 Å². The highest BCUT2D eigenvalue weighted by Gasteiger charge is 2.24. The summed E-state index contributed by atoms with van der Waals surface area (Å²) < 4.78 is 56.1. The van der Waals surface area contributed by atoms with Crippen molar-refractivity contribution >= 4 is 11.9 Å². The van der Waals surface area contributed by atoms with Crippen molar-refractivity contribution in [1.29, 1.82) is 0 Å². The quantitative estimate of drug-likeness (QED) is 0.0539. The molecule has 2 heterocycles. The molecule has 2 saturated heterocycles. The summed E-state index contributed by atoms with van der Waals surface area (Å²) in [5.74, 6) is 2.48. The first-order valence-corrected chi connectivity index (χ1v) is 17.6. The van der Waals surface area contributed by atoms with E-state index in [4.69, 9.17) is 47.4 Å². The third-order valence-electron chi connectivity index (χ3n) is 7.92. The van der Waals surface area contributed by atoms with E-state index < -0.39 is 11.9 Å². The molecule has 5 unspecified atom stereocenters. The second-order valence-corrected chi connectivity index (χ2v) is 12.8. The van der Waals surface area contributed by atoms with Crippen molar-refractivity contribution in [2.45, 2.75) is 51.3 Å². The zero-order valence-corrected chi connectivity index (χ0v) is 30.0. The molecule has 0 spiro atoms. The number of carbonyl (C=O) groups excluding carboxylic acids is 2. The first-order valence-electron chi connectivity index (χ1n) is 17.6. The first kappa shape index (κ1) is 37.6. The van der Waals surface area contributed by atoms with Crippen LogP contribution in [0.3, 0.4) is 0 Å². The van der Waals surface area contributed by atoms with Crippen LogP contribution in [0.15, 0.2) is 97.1 Å². The summed E-state index contributed by atoms with van der Waals surface area (Å²) in [6, 6.07) is 27.3. The van der Waals surface area contributed by atoms with Crippen LogP contribution in [-0.2, 0) is 18.9 Å². The molecule has 280 valence electrons. The standard InChI is InChI=1S/C41H44O12/c1-27(45-22-29(3)51-35-14-18-37(19-15-35)53-41(43)31-6-10-33(11-7-31)47-24-39-26-49-39)20-44-21-28(2)50-34-12-16-36(17-13-34)52-40(42)30-4-8-32(9-5-30)46-23-38-25-48-38/h4-19,27-29,38-39H,20-26H2,1-3H3. The number of rotatable bonds is 21. The van der Waals surface area contributed by atoms with Crippen LogP contribution in [0.2, 0.25) is 0 Å².